The molecule has 1 saturated heterocycles. The highest BCUT2D eigenvalue weighted by Crippen LogP contribution is 2.20. The molecule has 4 heteroatoms. The summed E-state index contributed by atoms with van der Waals surface area (Å²) in [7, 11) is 0. The van der Waals surface area contributed by atoms with Crippen LogP contribution >= 0.6 is 11.3 Å². The van der Waals surface area contributed by atoms with E-state index in [1.807, 2.05) is 21.7 Å². The van der Waals surface area contributed by atoms with Crippen molar-refractivity contribution in [2.45, 2.75) is 18.9 Å². The van der Waals surface area contributed by atoms with Crippen LogP contribution in [-0.4, -0.2) is 29.9 Å². The number of amides is 1. The van der Waals surface area contributed by atoms with Crippen LogP contribution in [0.15, 0.2) is 16.8 Å². The van der Waals surface area contributed by atoms with Crippen molar-refractivity contribution in [1.82, 2.24) is 4.90 Å². The maximum absolute atomic E-state index is 12.0. The van der Waals surface area contributed by atoms with Crippen LogP contribution in [-0.2, 0) is 0 Å². The first-order valence-corrected chi connectivity index (χ1v) is 5.80. The number of likely N-dealkylation sites (tertiary alicyclic amines) is 1. The average molecular weight is 210 g/mol. The molecule has 1 fully saturated rings. The van der Waals surface area contributed by atoms with Gasteiger partial charge in [-0.1, -0.05) is 0 Å². The second-order valence-corrected chi connectivity index (χ2v) is 4.32. The number of hydrogen-bond donors (Lipinski definition) is 1. The average Bonchev–Trinajstić information content (AvgIpc) is 2.87. The Morgan fingerprint density at radius 1 is 1.71 bits per heavy atom. The summed E-state index contributed by atoms with van der Waals surface area (Å²) < 4.78 is 0. The summed E-state index contributed by atoms with van der Waals surface area (Å²) >= 11 is 1.56. The predicted molar refractivity (Wildman–Crippen MR) is 57.4 cm³/mol. The normalized spacial score (nSPS) is 21.5. The highest BCUT2D eigenvalue weighted by molar-refractivity contribution is 7.08. The van der Waals surface area contributed by atoms with Gasteiger partial charge >= 0.3 is 0 Å². The van der Waals surface area contributed by atoms with Crippen molar-refractivity contribution < 1.29 is 4.79 Å². The van der Waals surface area contributed by atoms with Crippen molar-refractivity contribution in [2.24, 2.45) is 5.73 Å². The smallest absolute Gasteiger partial charge is 0.254 e. The second kappa shape index (κ2) is 4.11. The minimum Gasteiger partial charge on any atom is -0.334 e. The number of hydrogen-bond acceptors (Lipinski definition) is 3. The number of nitrogens with zero attached hydrogens (tertiary/aromatic N) is 1. The molecule has 2 heterocycles. The lowest BCUT2D eigenvalue weighted by atomic mass is 10.2. The number of nitrogens with two attached hydrogens (primary N) is 1. The van der Waals surface area contributed by atoms with Gasteiger partial charge in [-0.2, -0.15) is 11.3 Å². The molecule has 1 aliphatic rings. The molecule has 14 heavy (non-hydrogen) atoms. The van der Waals surface area contributed by atoms with Crippen LogP contribution in [0, 0.1) is 0 Å². The molecule has 2 rings (SSSR count). The summed E-state index contributed by atoms with van der Waals surface area (Å²) in [6.45, 7) is 1.44. The van der Waals surface area contributed by atoms with Gasteiger partial charge in [0.25, 0.3) is 5.91 Å². The molecule has 0 aromatic carbocycles. The zero-order valence-corrected chi connectivity index (χ0v) is 8.80. The summed E-state index contributed by atoms with van der Waals surface area (Å²) in [6.07, 6.45) is 2.13. The summed E-state index contributed by atoms with van der Waals surface area (Å²) in [6, 6.07) is 2.13. The van der Waals surface area contributed by atoms with Gasteiger partial charge in [-0.3, -0.25) is 4.79 Å². The number of carbonyl (C=O) groups is 1. The van der Waals surface area contributed by atoms with E-state index in [0.29, 0.717) is 6.54 Å². The summed E-state index contributed by atoms with van der Waals surface area (Å²) in [5, 5.41) is 3.83. The van der Waals surface area contributed by atoms with E-state index in [4.69, 9.17) is 5.73 Å². The van der Waals surface area contributed by atoms with E-state index in [-0.39, 0.29) is 11.9 Å². The molecular weight excluding hydrogens is 196 g/mol. The highest BCUT2D eigenvalue weighted by atomic mass is 32.1. The molecule has 76 valence electrons. The Balaban J connectivity index is 2.11. The molecule has 0 unspecified atom stereocenters. The van der Waals surface area contributed by atoms with Crippen molar-refractivity contribution in [1.29, 1.82) is 0 Å². The maximum atomic E-state index is 12.0. The molecule has 0 saturated carbocycles. The predicted octanol–water partition coefficient (Wildman–Crippen LogP) is 1.31. The molecule has 2 N–H and O–H groups in total. The third-order valence-electron chi connectivity index (χ3n) is 2.68. The van der Waals surface area contributed by atoms with Crippen LogP contribution in [0.5, 0.6) is 0 Å². The Labute approximate surface area is 87.5 Å². The van der Waals surface area contributed by atoms with E-state index in [1.165, 1.54) is 0 Å². The largest absolute Gasteiger partial charge is 0.334 e. The number of thiophene rings is 1. The van der Waals surface area contributed by atoms with Gasteiger partial charge < -0.3 is 10.6 Å². The van der Waals surface area contributed by atoms with Crippen molar-refractivity contribution >= 4 is 17.2 Å². The van der Waals surface area contributed by atoms with Gasteiger partial charge in [0.1, 0.15) is 0 Å². The molecule has 1 amide bonds. The topological polar surface area (TPSA) is 46.3 Å². The van der Waals surface area contributed by atoms with Crippen molar-refractivity contribution in [3.8, 4) is 0 Å². The molecule has 0 bridgehead atoms. The van der Waals surface area contributed by atoms with Crippen LogP contribution < -0.4 is 5.73 Å². The highest BCUT2D eigenvalue weighted by Gasteiger charge is 2.28. The third kappa shape index (κ3) is 1.67. The van der Waals surface area contributed by atoms with Crippen LogP contribution in [0.2, 0.25) is 0 Å². The van der Waals surface area contributed by atoms with Crippen LogP contribution in [0.25, 0.3) is 0 Å². The minimum atomic E-state index is 0.138. The van der Waals surface area contributed by atoms with E-state index in [9.17, 15) is 4.79 Å². The number of carbonyl (C=O) groups excluding carboxylic acids is 1. The van der Waals surface area contributed by atoms with Gasteiger partial charge in [-0.15, -0.1) is 0 Å². The molecule has 0 spiro atoms. The Bertz CT molecular complexity index is 310. The van der Waals surface area contributed by atoms with Gasteiger partial charge in [0.05, 0.1) is 5.56 Å². The second-order valence-electron chi connectivity index (χ2n) is 3.54. The number of rotatable bonds is 2. The lowest BCUT2D eigenvalue weighted by Gasteiger charge is -2.22. The fraction of sp³-hybridized carbons (Fsp3) is 0.500. The lowest BCUT2D eigenvalue weighted by Crippen LogP contribution is -2.39. The van der Waals surface area contributed by atoms with Gasteiger partial charge in [-0.05, 0) is 24.3 Å². The maximum Gasteiger partial charge on any atom is 0.254 e. The molecular formula is C10H14N2OS. The first-order chi connectivity index (χ1) is 6.83. The molecule has 0 aliphatic carbocycles. The minimum absolute atomic E-state index is 0.138. The van der Waals surface area contributed by atoms with E-state index < -0.39 is 0 Å². The van der Waals surface area contributed by atoms with Crippen LogP contribution in [0.4, 0.5) is 0 Å². The monoisotopic (exact) mass is 210 g/mol. The van der Waals surface area contributed by atoms with E-state index in [2.05, 4.69) is 0 Å². The lowest BCUT2D eigenvalue weighted by molar-refractivity contribution is 0.0742. The first kappa shape index (κ1) is 9.68. The van der Waals surface area contributed by atoms with Crippen molar-refractivity contribution in [2.75, 3.05) is 13.1 Å². The van der Waals surface area contributed by atoms with Crippen molar-refractivity contribution in [3.63, 3.8) is 0 Å². The standard InChI is InChI=1S/C10H14N2OS/c11-6-9-2-1-4-12(9)10(13)8-3-5-14-7-8/h3,5,7,9H,1-2,4,6,11H2/t9-/m0/s1. The van der Waals surface area contributed by atoms with E-state index in [0.717, 1.165) is 24.9 Å². The molecule has 1 aliphatic heterocycles. The van der Waals surface area contributed by atoms with Gasteiger partial charge in [0.15, 0.2) is 0 Å². The Hall–Kier alpha value is -0.870. The van der Waals surface area contributed by atoms with Crippen molar-refractivity contribution in [3.05, 3.63) is 22.4 Å². The summed E-state index contributed by atoms with van der Waals surface area (Å²) in [5.41, 5.74) is 6.43. The van der Waals surface area contributed by atoms with Crippen LogP contribution in [0.3, 0.4) is 0 Å². The first-order valence-electron chi connectivity index (χ1n) is 4.86. The molecule has 1 aromatic rings. The molecule has 1 aromatic heterocycles. The zero-order valence-electron chi connectivity index (χ0n) is 7.98. The molecule has 0 radical (unpaired) electrons. The van der Waals surface area contributed by atoms with E-state index in [1.54, 1.807) is 11.3 Å². The van der Waals surface area contributed by atoms with Crippen LogP contribution in [0.1, 0.15) is 23.2 Å². The zero-order chi connectivity index (χ0) is 9.97. The van der Waals surface area contributed by atoms with Gasteiger partial charge in [-0.25, -0.2) is 0 Å². The Kier molecular flexibility index (Phi) is 2.84. The van der Waals surface area contributed by atoms with E-state index >= 15 is 0 Å². The van der Waals surface area contributed by atoms with Gasteiger partial charge in [0, 0.05) is 24.5 Å². The molecule has 1 atom stereocenters. The summed E-state index contributed by atoms with van der Waals surface area (Å²) in [5.74, 6) is 0.138. The fourth-order valence-corrected chi connectivity index (χ4v) is 2.53. The fourth-order valence-electron chi connectivity index (χ4n) is 1.90. The molecule has 3 nitrogen and oxygen atoms in total. The van der Waals surface area contributed by atoms with Gasteiger partial charge in [0.2, 0.25) is 0 Å². The SMILES string of the molecule is NC[C@@H]1CCCN1C(=O)c1ccsc1. The Morgan fingerprint density at radius 3 is 3.21 bits per heavy atom. The summed E-state index contributed by atoms with van der Waals surface area (Å²) in [4.78, 5) is 13.9. The Morgan fingerprint density at radius 2 is 2.57 bits per heavy atom. The quantitative estimate of drug-likeness (QED) is 0.800. The third-order valence-corrected chi connectivity index (χ3v) is 3.36.